The summed E-state index contributed by atoms with van der Waals surface area (Å²) in [6.07, 6.45) is 5.56. The largest absolute Gasteiger partial charge is 0.370 e. The average Bonchev–Trinajstić information content (AvgIpc) is 2.49. The lowest BCUT2D eigenvalue weighted by atomic mass is 10.0. The van der Waals surface area contributed by atoms with Gasteiger partial charge in [-0.1, -0.05) is 6.92 Å². The number of hydrogen-bond donors (Lipinski definition) is 1. The minimum absolute atomic E-state index is 0.359. The Bertz CT molecular complexity index is 391. The zero-order valence-electron chi connectivity index (χ0n) is 13.3. The lowest BCUT2D eigenvalue weighted by Gasteiger charge is -2.36. The van der Waals surface area contributed by atoms with Gasteiger partial charge < -0.3 is 15.1 Å². The van der Waals surface area contributed by atoms with Gasteiger partial charge in [-0.2, -0.15) is 0 Å². The number of nitrogens with zero attached hydrogens (tertiary/aromatic N) is 3. The maximum Gasteiger partial charge on any atom is 0.0574 e. The van der Waals surface area contributed by atoms with Crippen molar-refractivity contribution in [3.05, 3.63) is 24.0 Å². The molecule has 1 aromatic heterocycles. The van der Waals surface area contributed by atoms with E-state index in [2.05, 4.69) is 53.3 Å². The molecule has 112 valence electrons. The molecule has 0 aromatic carbocycles. The normalized spacial score (nSPS) is 19.0. The van der Waals surface area contributed by atoms with Crippen LogP contribution in [0.5, 0.6) is 0 Å². The molecule has 4 heteroatoms. The predicted molar refractivity (Wildman–Crippen MR) is 85.3 cm³/mol. The molecule has 20 heavy (non-hydrogen) atoms. The highest BCUT2D eigenvalue weighted by atomic mass is 15.2. The van der Waals surface area contributed by atoms with Crippen molar-refractivity contribution in [2.45, 2.75) is 38.3 Å². The molecule has 2 heterocycles. The SMILES string of the molecule is CCC(NC)c1ccc(N(C)C2CCN(C)CC2)cn1. The molecular weight excluding hydrogens is 248 g/mol. The fraction of sp³-hybridized carbons (Fsp3) is 0.688. The number of aromatic nitrogens is 1. The number of pyridine rings is 1. The molecular formula is C16H28N4. The third kappa shape index (κ3) is 3.49. The van der Waals surface area contributed by atoms with E-state index in [1.165, 1.54) is 31.6 Å². The standard InChI is InChI=1S/C16H28N4/c1-5-15(17-2)16-7-6-14(12-18-16)20(4)13-8-10-19(3)11-9-13/h6-7,12-13,15,17H,5,8-11H2,1-4H3. The van der Waals surface area contributed by atoms with Crippen molar-refractivity contribution in [3.63, 3.8) is 0 Å². The van der Waals surface area contributed by atoms with Gasteiger partial charge in [0.2, 0.25) is 0 Å². The highest BCUT2D eigenvalue weighted by Crippen LogP contribution is 2.22. The Kier molecular flexibility index (Phi) is 5.38. The van der Waals surface area contributed by atoms with Gasteiger partial charge >= 0.3 is 0 Å². The molecule has 0 radical (unpaired) electrons. The summed E-state index contributed by atoms with van der Waals surface area (Å²) < 4.78 is 0. The van der Waals surface area contributed by atoms with Gasteiger partial charge in [0.05, 0.1) is 17.6 Å². The lowest BCUT2D eigenvalue weighted by molar-refractivity contribution is 0.253. The molecule has 0 spiro atoms. The second-order valence-corrected chi connectivity index (χ2v) is 5.84. The number of anilines is 1. The summed E-state index contributed by atoms with van der Waals surface area (Å²) in [7, 11) is 6.39. The number of piperidine rings is 1. The van der Waals surface area contributed by atoms with Gasteiger partial charge in [-0.05, 0) is 58.6 Å². The molecule has 0 aliphatic carbocycles. The maximum atomic E-state index is 4.64. The van der Waals surface area contributed by atoms with E-state index in [1.807, 2.05) is 13.2 Å². The molecule has 4 nitrogen and oxygen atoms in total. The lowest BCUT2D eigenvalue weighted by Crippen LogP contribution is -2.42. The Hall–Kier alpha value is -1.13. The summed E-state index contributed by atoms with van der Waals surface area (Å²) >= 11 is 0. The predicted octanol–water partition coefficient (Wildman–Crippen LogP) is 2.28. The third-order valence-electron chi connectivity index (χ3n) is 4.53. The molecule has 1 saturated heterocycles. The van der Waals surface area contributed by atoms with Gasteiger partial charge in [0.15, 0.2) is 0 Å². The minimum Gasteiger partial charge on any atom is -0.370 e. The number of hydrogen-bond acceptors (Lipinski definition) is 4. The van der Waals surface area contributed by atoms with Crippen LogP contribution >= 0.6 is 0 Å². The number of nitrogens with one attached hydrogen (secondary N) is 1. The summed E-state index contributed by atoms with van der Waals surface area (Å²) in [5, 5.41) is 3.30. The zero-order chi connectivity index (χ0) is 14.5. The van der Waals surface area contributed by atoms with Crippen LogP contribution in [0.25, 0.3) is 0 Å². The molecule has 0 bridgehead atoms. The monoisotopic (exact) mass is 276 g/mol. The van der Waals surface area contributed by atoms with Crippen LogP contribution in [-0.2, 0) is 0 Å². The van der Waals surface area contributed by atoms with Crippen molar-refractivity contribution in [2.75, 3.05) is 39.1 Å². The first-order valence-electron chi connectivity index (χ1n) is 7.70. The van der Waals surface area contributed by atoms with Crippen LogP contribution < -0.4 is 10.2 Å². The van der Waals surface area contributed by atoms with Crippen LogP contribution in [0.3, 0.4) is 0 Å². The van der Waals surface area contributed by atoms with E-state index in [4.69, 9.17) is 0 Å². The maximum absolute atomic E-state index is 4.64. The van der Waals surface area contributed by atoms with Crippen LogP contribution in [0.4, 0.5) is 5.69 Å². The number of rotatable bonds is 5. The second kappa shape index (κ2) is 7.04. The summed E-state index contributed by atoms with van der Waals surface area (Å²) in [4.78, 5) is 9.44. The smallest absolute Gasteiger partial charge is 0.0574 e. The van der Waals surface area contributed by atoms with E-state index < -0.39 is 0 Å². The van der Waals surface area contributed by atoms with Gasteiger partial charge in [-0.15, -0.1) is 0 Å². The molecule has 1 aliphatic rings. The summed E-state index contributed by atoms with van der Waals surface area (Å²) in [6.45, 7) is 4.57. The molecule has 0 saturated carbocycles. The van der Waals surface area contributed by atoms with Crippen LogP contribution in [0.1, 0.15) is 37.9 Å². The molecule has 1 fully saturated rings. The second-order valence-electron chi connectivity index (χ2n) is 5.84. The van der Waals surface area contributed by atoms with E-state index >= 15 is 0 Å². The minimum atomic E-state index is 0.359. The van der Waals surface area contributed by atoms with Gasteiger partial charge in [0, 0.05) is 19.1 Å². The van der Waals surface area contributed by atoms with Crippen molar-refractivity contribution in [2.24, 2.45) is 0 Å². The topological polar surface area (TPSA) is 31.4 Å². The van der Waals surface area contributed by atoms with Crippen LogP contribution in [0.2, 0.25) is 0 Å². The highest BCUT2D eigenvalue weighted by molar-refractivity contribution is 5.45. The van der Waals surface area contributed by atoms with Crippen LogP contribution in [0, 0.1) is 0 Å². The Morgan fingerprint density at radius 1 is 1.40 bits per heavy atom. The van der Waals surface area contributed by atoms with Crippen LogP contribution in [0.15, 0.2) is 18.3 Å². The van der Waals surface area contributed by atoms with Crippen molar-refractivity contribution >= 4 is 5.69 Å². The average molecular weight is 276 g/mol. The van der Waals surface area contributed by atoms with Gasteiger partial charge in [-0.3, -0.25) is 4.98 Å². The Labute approximate surface area is 123 Å². The molecule has 1 aliphatic heterocycles. The van der Waals surface area contributed by atoms with Gasteiger partial charge in [-0.25, -0.2) is 0 Å². The third-order valence-corrected chi connectivity index (χ3v) is 4.53. The first-order valence-corrected chi connectivity index (χ1v) is 7.70. The fourth-order valence-electron chi connectivity index (χ4n) is 2.97. The first-order chi connectivity index (χ1) is 9.65. The summed E-state index contributed by atoms with van der Waals surface area (Å²) in [5.41, 5.74) is 2.37. The molecule has 1 atom stereocenters. The molecule has 0 amide bonds. The van der Waals surface area contributed by atoms with Crippen molar-refractivity contribution in [1.82, 2.24) is 15.2 Å². The Morgan fingerprint density at radius 3 is 2.60 bits per heavy atom. The van der Waals surface area contributed by atoms with Gasteiger partial charge in [0.25, 0.3) is 0 Å². The van der Waals surface area contributed by atoms with E-state index in [9.17, 15) is 0 Å². The quantitative estimate of drug-likeness (QED) is 0.894. The number of likely N-dealkylation sites (tertiary alicyclic amines) is 1. The molecule has 1 aromatic rings. The summed E-state index contributed by atoms with van der Waals surface area (Å²) in [5.74, 6) is 0. The Balaban J connectivity index is 2.02. The van der Waals surface area contributed by atoms with Crippen molar-refractivity contribution in [1.29, 1.82) is 0 Å². The molecule has 2 rings (SSSR count). The zero-order valence-corrected chi connectivity index (χ0v) is 13.3. The van der Waals surface area contributed by atoms with Crippen molar-refractivity contribution in [3.8, 4) is 0 Å². The summed E-state index contributed by atoms with van der Waals surface area (Å²) in [6, 6.07) is 5.37. The van der Waals surface area contributed by atoms with Crippen molar-refractivity contribution < 1.29 is 0 Å². The van der Waals surface area contributed by atoms with Crippen LogP contribution in [-0.4, -0.2) is 50.2 Å². The van der Waals surface area contributed by atoms with E-state index in [1.54, 1.807) is 0 Å². The fourth-order valence-corrected chi connectivity index (χ4v) is 2.97. The Morgan fingerprint density at radius 2 is 2.10 bits per heavy atom. The first kappa shape index (κ1) is 15.3. The highest BCUT2D eigenvalue weighted by Gasteiger charge is 2.21. The van der Waals surface area contributed by atoms with E-state index in [-0.39, 0.29) is 0 Å². The molecule has 1 unspecified atom stereocenters. The van der Waals surface area contributed by atoms with E-state index in [0.717, 1.165) is 12.1 Å². The van der Waals surface area contributed by atoms with E-state index in [0.29, 0.717) is 12.1 Å². The molecule has 1 N–H and O–H groups in total. The van der Waals surface area contributed by atoms with Gasteiger partial charge in [0.1, 0.15) is 0 Å².